The highest BCUT2D eigenvalue weighted by Gasteiger charge is 2.16. The van der Waals surface area contributed by atoms with E-state index in [4.69, 9.17) is 0 Å². The fraction of sp³-hybridized carbons (Fsp3) is 0.583. The zero-order valence-electron chi connectivity index (χ0n) is 8.96. The molecule has 0 saturated heterocycles. The molecule has 0 aliphatic heterocycles. The maximum absolute atomic E-state index is 2.27. The molecule has 0 aromatic carbocycles. The fourth-order valence-electron chi connectivity index (χ4n) is 1.87. The Morgan fingerprint density at radius 1 is 1.31 bits per heavy atom. The summed E-state index contributed by atoms with van der Waals surface area (Å²) in [5.41, 5.74) is 1.46. The van der Waals surface area contributed by atoms with Crippen LogP contribution < -0.4 is 4.57 Å². The van der Waals surface area contributed by atoms with Crippen LogP contribution in [0.4, 0.5) is 0 Å². The molecule has 1 aromatic rings. The number of rotatable bonds is 4. The van der Waals surface area contributed by atoms with E-state index in [-0.39, 0.29) is 0 Å². The van der Waals surface area contributed by atoms with Gasteiger partial charge in [0.1, 0.15) is 7.05 Å². The van der Waals surface area contributed by atoms with Crippen molar-refractivity contribution in [3.8, 4) is 0 Å². The topological polar surface area (TPSA) is 3.88 Å². The lowest BCUT2D eigenvalue weighted by Gasteiger charge is -2.10. The minimum absolute atomic E-state index is 0.733. The average Bonchev–Trinajstić information content (AvgIpc) is 2.16. The van der Waals surface area contributed by atoms with Gasteiger partial charge in [0.2, 0.25) is 0 Å². The maximum Gasteiger partial charge on any atom is 0.184 e. The van der Waals surface area contributed by atoms with Crippen molar-refractivity contribution in [2.45, 2.75) is 39.0 Å². The van der Waals surface area contributed by atoms with Gasteiger partial charge in [-0.1, -0.05) is 26.3 Å². The maximum atomic E-state index is 2.27. The van der Waals surface area contributed by atoms with Gasteiger partial charge in [-0.3, -0.25) is 0 Å². The molecule has 1 rings (SSSR count). The number of pyridine rings is 1. The quantitative estimate of drug-likeness (QED) is 0.624. The first-order chi connectivity index (χ1) is 6.29. The van der Waals surface area contributed by atoms with Crippen LogP contribution in [0.3, 0.4) is 0 Å². The number of hydrogen-bond acceptors (Lipinski definition) is 0. The SMILES string of the molecule is CCCC(CC)c1cccc[n+]1C. The van der Waals surface area contributed by atoms with Crippen LogP contribution in [-0.2, 0) is 7.05 Å². The van der Waals surface area contributed by atoms with E-state index in [0.29, 0.717) is 0 Å². The largest absolute Gasteiger partial charge is 0.205 e. The van der Waals surface area contributed by atoms with Crippen molar-refractivity contribution in [2.75, 3.05) is 0 Å². The van der Waals surface area contributed by atoms with E-state index in [0.717, 1.165) is 5.92 Å². The van der Waals surface area contributed by atoms with Crippen LogP contribution in [0.5, 0.6) is 0 Å². The number of hydrogen-bond donors (Lipinski definition) is 0. The number of aryl methyl sites for hydroxylation is 1. The Morgan fingerprint density at radius 2 is 2.08 bits per heavy atom. The fourth-order valence-corrected chi connectivity index (χ4v) is 1.87. The summed E-state index contributed by atoms with van der Waals surface area (Å²) in [6, 6.07) is 6.46. The molecule has 0 amide bonds. The summed E-state index contributed by atoms with van der Waals surface area (Å²) in [6.07, 6.45) is 5.95. The van der Waals surface area contributed by atoms with Crippen molar-refractivity contribution in [3.05, 3.63) is 30.1 Å². The van der Waals surface area contributed by atoms with E-state index in [1.807, 2.05) is 0 Å². The van der Waals surface area contributed by atoms with Crippen LogP contribution in [0.2, 0.25) is 0 Å². The number of nitrogens with zero attached hydrogens (tertiary/aromatic N) is 1. The summed E-state index contributed by atoms with van der Waals surface area (Å²) in [7, 11) is 2.13. The highest BCUT2D eigenvalue weighted by Crippen LogP contribution is 2.20. The smallest absolute Gasteiger partial charge is 0.184 e. The highest BCUT2D eigenvalue weighted by atomic mass is 14.9. The van der Waals surface area contributed by atoms with Gasteiger partial charge >= 0.3 is 0 Å². The Kier molecular flexibility index (Phi) is 3.94. The molecule has 1 heterocycles. The van der Waals surface area contributed by atoms with Crippen molar-refractivity contribution in [3.63, 3.8) is 0 Å². The van der Waals surface area contributed by atoms with E-state index in [1.54, 1.807) is 0 Å². The summed E-state index contributed by atoms with van der Waals surface area (Å²) in [5, 5.41) is 0. The molecule has 0 bridgehead atoms. The van der Waals surface area contributed by atoms with Gasteiger partial charge in [-0.25, -0.2) is 4.57 Å². The predicted octanol–water partition coefficient (Wildman–Crippen LogP) is 2.80. The molecule has 0 aliphatic carbocycles. The summed E-state index contributed by atoms with van der Waals surface area (Å²) in [6.45, 7) is 4.53. The molecule has 0 spiro atoms. The molecule has 1 nitrogen and oxygen atoms in total. The molecule has 0 fully saturated rings. The van der Waals surface area contributed by atoms with E-state index < -0.39 is 0 Å². The Hall–Kier alpha value is -0.850. The third kappa shape index (κ3) is 2.55. The summed E-state index contributed by atoms with van der Waals surface area (Å²) in [5.74, 6) is 0.733. The zero-order chi connectivity index (χ0) is 9.68. The number of aromatic nitrogens is 1. The van der Waals surface area contributed by atoms with Crippen LogP contribution in [0.1, 0.15) is 44.7 Å². The highest BCUT2D eigenvalue weighted by molar-refractivity contribution is 5.03. The van der Waals surface area contributed by atoms with Crippen LogP contribution in [-0.4, -0.2) is 0 Å². The molecule has 0 saturated carbocycles. The Morgan fingerprint density at radius 3 is 2.62 bits per heavy atom. The Bertz CT molecular complexity index is 255. The van der Waals surface area contributed by atoms with Crippen LogP contribution >= 0.6 is 0 Å². The average molecular weight is 178 g/mol. The molecule has 1 unspecified atom stereocenters. The van der Waals surface area contributed by atoms with Gasteiger partial charge < -0.3 is 0 Å². The molecule has 1 atom stereocenters. The van der Waals surface area contributed by atoms with E-state index in [2.05, 4.69) is 49.9 Å². The van der Waals surface area contributed by atoms with Gasteiger partial charge in [0.25, 0.3) is 0 Å². The molecule has 72 valence electrons. The minimum atomic E-state index is 0.733. The molecule has 0 N–H and O–H groups in total. The second-order valence-corrected chi connectivity index (χ2v) is 3.63. The standard InChI is InChI=1S/C12H20N/c1-4-8-11(5-2)12-9-6-7-10-13(12)3/h6-7,9-11H,4-5,8H2,1-3H3/q+1. The van der Waals surface area contributed by atoms with Crippen molar-refractivity contribution >= 4 is 0 Å². The summed E-state index contributed by atoms with van der Waals surface area (Å²) >= 11 is 0. The second kappa shape index (κ2) is 5.00. The Balaban J connectivity index is 2.84. The first-order valence-electron chi connectivity index (χ1n) is 5.24. The second-order valence-electron chi connectivity index (χ2n) is 3.63. The van der Waals surface area contributed by atoms with Crippen molar-refractivity contribution in [1.29, 1.82) is 0 Å². The summed E-state index contributed by atoms with van der Waals surface area (Å²) < 4.78 is 2.24. The third-order valence-electron chi connectivity index (χ3n) is 2.64. The molecule has 0 radical (unpaired) electrons. The van der Waals surface area contributed by atoms with Gasteiger partial charge in [0, 0.05) is 18.1 Å². The molecular formula is C12H20N+. The lowest BCUT2D eigenvalue weighted by atomic mass is 9.96. The summed E-state index contributed by atoms with van der Waals surface area (Å²) in [4.78, 5) is 0. The van der Waals surface area contributed by atoms with Crippen LogP contribution in [0.15, 0.2) is 24.4 Å². The molecular weight excluding hydrogens is 158 g/mol. The van der Waals surface area contributed by atoms with Crippen molar-refractivity contribution < 1.29 is 4.57 Å². The molecule has 1 aromatic heterocycles. The van der Waals surface area contributed by atoms with E-state index >= 15 is 0 Å². The van der Waals surface area contributed by atoms with Gasteiger partial charge in [0.05, 0.1) is 0 Å². The van der Waals surface area contributed by atoms with Crippen molar-refractivity contribution in [2.24, 2.45) is 7.05 Å². The van der Waals surface area contributed by atoms with Gasteiger partial charge in [-0.05, 0) is 12.8 Å². The van der Waals surface area contributed by atoms with Crippen molar-refractivity contribution in [1.82, 2.24) is 0 Å². The molecule has 0 aliphatic rings. The monoisotopic (exact) mass is 178 g/mol. The van der Waals surface area contributed by atoms with E-state index in [9.17, 15) is 0 Å². The van der Waals surface area contributed by atoms with Gasteiger partial charge in [0.15, 0.2) is 11.9 Å². The van der Waals surface area contributed by atoms with Crippen LogP contribution in [0, 0.1) is 0 Å². The predicted molar refractivity (Wildman–Crippen MR) is 55.6 cm³/mol. The zero-order valence-corrected chi connectivity index (χ0v) is 8.96. The van der Waals surface area contributed by atoms with Crippen LogP contribution in [0.25, 0.3) is 0 Å². The normalized spacial score (nSPS) is 12.8. The minimum Gasteiger partial charge on any atom is -0.205 e. The Labute approximate surface area is 81.4 Å². The lowest BCUT2D eigenvalue weighted by molar-refractivity contribution is -0.680. The van der Waals surface area contributed by atoms with Gasteiger partial charge in [-0.15, -0.1) is 0 Å². The lowest BCUT2D eigenvalue weighted by Crippen LogP contribution is -2.34. The van der Waals surface area contributed by atoms with Gasteiger partial charge in [-0.2, -0.15) is 0 Å². The van der Waals surface area contributed by atoms with E-state index in [1.165, 1.54) is 25.0 Å². The first kappa shape index (κ1) is 10.2. The molecule has 1 heteroatoms. The molecule has 13 heavy (non-hydrogen) atoms. The third-order valence-corrected chi connectivity index (χ3v) is 2.64. The first-order valence-corrected chi connectivity index (χ1v) is 5.24.